The second kappa shape index (κ2) is 3.02. The Balaban J connectivity index is 2.24. The molecule has 2 atom stereocenters. The molecule has 0 saturated carbocycles. The number of nitrogens with zero attached hydrogens (tertiary/aromatic N) is 3. The lowest BCUT2D eigenvalue weighted by molar-refractivity contribution is -0.00886. The Morgan fingerprint density at radius 1 is 1.47 bits per heavy atom. The molecule has 1 aliphatic heterocycles. The number of aromatic nitrogens is 3. The van der Waals surface area contributed by atoms with Crippen LogP contribution in [0.15, 0.2) is 0 Å². The molecule has 2 unspecified atom stereocenters. The van der Waals surface area contributed by atoms with E-state index in [9.17, 15) is 0 Å². The maximum atomic E-state index is 5.79. The van der Waals surface area contributed by atoms with Crippen LogP contribution >= 0.6 is 11.3 Å². The SMILES string of the molecule is Cc1nn2c3c(nc2s1)CC(C)OC3C. The second-order valence-electron chi connectivity index (χ2n) is 4.05. The number of aryl methyl sites for hydroxylation is 1. The van der Waals surface area contributed by atoms with Crippen molar-refractivity contribution in [2.24, 2.45) is 0 Å². The Bertz CT molecular complexity index is 516. The van der Waals surface area contributed by atoms with Crippen molar-refractivity contribution in [2.45, 2.75) is 39.4 Å². The number of fused-ring (bicyclic) bond motifs is 3. The maximum absolute atomic E-state index is 5.79. The van der Waals surface area contributed by atoms with Crippen molar-refractivity contribution in [3.8, 4) is 0 Å². The highest BCUT2D eigenvalue weighted by Gasteiger charge is 2.28. The fourth-order valence-corrected chi connectivity index (χ4v) is 2.96. The average Bonchev–Trinajstić information content (AvgIpc) is 2.58. The molecule has 3 heterocycles. The Hall–Kier alpha value is -0.940. The Kier molecular flexibility index (Phi) is 1.87. The first-order valence-electron chi connectivity index (χ1n) is 5.15. The third-order valence-corrected chi connectivity index (χ3v) is 3.54. The van der Waals surface area contributed by atoms with Crippen LogP contribution in [0.2, 0.25) is 0 Å². The summed E-state index contributed by atoms with van der Waals surface area (Å²) in [6, 6.07) is 0. The number of rotatable bonds is 0. The molecule has 0 saturated heterocycles. The first-order chi connectivity index (χ1) is 7.15. The van der Waals surface area contributed by atoms with E-state index in [0.29, 0.717) is 0 Å². The summed E-state index contributed by atoms with van der Waals surface area (Å²) in [6.45, 7) is 6.16. The highest BCUT2D eigenvalue weighted by molar-refractivity contribution is 7.16. The maximum Gasteiger partial charge on any atom is 0.212 e. The Labute approximate surface area is 91.9 Å². The molecule has 0 amide bonds. The summed E-state index contributed by atoms with van der Waals surface area (Å²) in [7, 11) is 0. The molecule has 80 valence electrons. The van der Waals surface area contributed by atoms with E-state index < -0.39 is 0 Å². The normalized spacial score (nSPS) is 25.8. The quantitative estimate of drug-likeness (QED) is 0.686. The van der Waals surface area contributed by atoms with Crippen molar-refractivity contribution in [3.63, 3.8) is 0 Å². The van der Waals surface area contributed by atoms with Crippen LogP contribution in [0, 0.1) is 6.92 Å². The van der Waals surface area contributed by atoms with Gasteiger partial charge in [0.05, 0.1) is 23.6 Å². The van der Waals surface area contributed by atoms with Crippen LogP contribution in [0.5, 0.6) is 0 Å². The van der Waals surface area contributed by atoms with Crippen molar-refractivity contribution in [1.29, 1.82) is 0 Å². The molecule has 2 aromatic rings. The van der Waals surface area contributed by atoms with Crippen molar-refractivity contribution >= 4 is 16.3 Å². The van der Waals surface area contributed by atoms with Gasteiger partial charge < -0.3 is 4.74 Å². The zero-order chi connectivity index (χ0) is 10.6. The molecular formula is C10H13N3OS. The molecule has 15 heavy (non-hydrogen) atoms. The lowest BCUT2D eigenvalue weighted by Gasteiger charge is -2.24. The summed E-state index contributed by atoms with van der Waals surface area (Å²) in [5, 5.41) is 5.50. The van der Waals surface area contributed by atoms with Crippen molar-refractivity contribution in [1.82, 2.24) is 14.6 Å². The summed E-state index contributed by atoms with van der Waals surface area (Å²) in [5.41, 5.74) is 2.28. The van der Waals surface area contributed by atoms with E-state index in [1.807, 2.05) is 11.4 Å². The fourth-order valence-electron chi connectivity index (χ4n) is 2.19. The van der Waals surface area contributed by atoms with Gasteiger partial charge in [0, 0.05) is 6.42 Å². The van der Waals surface area contributed by atoms with Gasteiger partial charge in [-0.15, -0.1) is 0 Å². The standard InChI is InChI=1S/C10H13N3OS/c1-5-4-8-9(6(2)14-5)13-10(11-8)15-7(3)12-13/h5-6H,4H2,1-3H3. The van der Waals surface area contributed by atoms with E-state index in [1.54, 1.807) is 11.3 Å². The van der Waals surface area contributed by atoms with Gasteiger partial charge in [-0.25, -0.2) is 9.50 Å². The van der Waals surface area contributed by atoms with Crippen molar-refractivity contribution in [3.05, 3.63) is 16.4 Å². The minimum atomic E-state index is 0.0975. The van der Waals surface area contributed by atoms with Gasteiger partial charge in [0.15, 0.2) is 0 Å². The molecule has 3 rings (SSSR count). The van der Waals surface area contributed by atoms with Crippen LogP contribution in [-0.2, 0) is 11.2 Å². The summed E-state index contributed by atoms with van der Waals surface area (Å²) in [4.78, 5) is 5.60. The molecule has 0 fully saturated rings. The van der Waals surface area contributed by atoms with Gasteiger partial charge >= 0.3 is 0 Å². The van der Waals surface area contributed by atoms with Crippen LogP contribution in [0.3, 0.4) is 0 Å². The van der Waals surface area contributed by atoms with Gasteiger partial charge in [-0.1, -0.05) is 11.3 Å². The van der Waals surface area contributed by atoms with Gasteiger partial charge in [0.2, 0.25) is 4.96 Å². The van der Waals surface area contributed by atoms with Crippen molar-refractivity contribution in [2.75, 3.05) is 0 Å². The van der Waals surface area contributed by atoms with Gasteiger partial charge in [-0.3, -0.25) is 0 Å². The second-order valence-corrected chi connectivity index (χ2v) is 5.21. The van der Waals surface area contributed by atoms with Crippen LogP contribution < -0.4 is 0 Å². The first kappa shape index (κ1) is 9.30. The largest absolute Gasteiger partial charge is 0.369 e. The average molecular weight is 223 g/mol. The fraction of sp³-hybridized carbons (Fsp3) is 0.600. The molecule has 1 aliphatic rings. The minimum absolute atomic E-state index is 0.0975. The van der Waals surface area contributed by atoms with Crippen LogP contribution in [0.25, 0.3) is 4.96 Å². The van der Waals surface area contributed by atoms with Gasteiger partial charge in [-0.05, 0) is 20.8 Å². The van der Waals surface area contributed by atoms with E-state index in [-0.39, 0.29) is 12.2 Å². The molecule has 5 heteroatoms. The number of hydrogen-bond acceptors (Lipinski definition) is 4. The lowest BCUT2D eigenvalue weighted by atomic mass is 10.1. The molecule has 0 radical (unpaired) electrons. The molecule has 4 nitrogen and oxygen atoms in total. The summed E-state index contributed by atoms with van der Waals surface area (Å²) in [6.07, 6.45) is 1.26. The molecular weight excluding hydrogens is 210 g/mol. The number of hydrogen-bond donors (Lipinski definition) is 0. The monoisotopic (exact) mass is 223 g/mol. The highest BCUT2D eigenvalue weighted by Crippen LogP contribution is 2.31. The molecule has 0 spiro atoms. The summed E-state index contributed by atoms with van der Waals surface area (Å²) >= 11 is 1.63. The van der Waals surface area contributed by atoms with Crippen LogP contribution in [-0.4, -0.2) is 20.7 Å². The van der Waals surface area contributed by atoms with E-state index >= 15 is 0 Å². The van der Waals surface area contributed by atoms with Crippen LogP contribution in [0.4, 0.5) is 0 Å². The lowest BCUT2D eigenvalue weighted by Crippen LogP contribution is -2.23. The Morgan fingerprint density at radius 3 is 3.07 bits per heavy atom. The summed E-state index contributed by atoms with van der Waals surface area (Å²) in [5.74, 6) is 0. The van der Waals surface area contributed by atoms with E-state index in [2.05, 4.69) is 23.9 Å². The van der Waals surface area contributed by atoms with Gasteiger partial charge in [0.1, 0.15) is 5.01 Å². The van der Waals surface area contributed by atoms with E-state index in [1.165, 1.54) is 0 Å². The molecule has 0 bridgehead atoms. The topological polar surface area (TPSA) is 39.4 Å². The van der Waals surface area contributed by atoms with E-state index in [0.717, 1.165) is 27.8 Å². The minimum Gasteiger partial charge on any atom is -0.369 e. The molecule has 0 aliphatic carbocycles. The molecule has 0 N–H and O–H groups in total. The third kappa shape index (κ3) is 1.30. The Morgan fingerprint density at radius 2 is 2.27 bits per heavy atom. The van der Waals surface area contributed by atoms with Gasteiger partial charge in [-0.2, -0.15) is 5.10 Å². The third-order valence-electron chi connectivity index (χ3n) is 2.72. The van der Waals surface area contributed by atoms with Crippen LogP contribution in [0.1, 0.15) is 36.3 Å². The molecule has 2 aromatic heterocycles. The van der Waals surface area contributed by atoms with Gasteiger partial charge in [0.25, 0.3) is 0 Å². The number of ether oxygens (including phenoxy) is 1. The predicted molar refractivity (Wildman–Crippen MR) is 58.3 cm³/mol. The zero-order valence-electron chi connectivity index (χ0n) is 9.02. The summed E-state index contributed by atoms with van der Waals surface area (Å²) < 4.78 is 7.73. The molecule has 0 aromatic carbocycles. The smallest absolute Gasteiger partial charge is 0.212 e. The van der Waals surface area contributed by atoms with Crippen molar-refractivity contribution < 1.29 is 4.74 Å². The van der Waals surface area contributed by atoms with E-state index in [4.69, 9.17) is 4.74 Å². The predicted octanol–water partition coefficient (Wildman–Crippen LogP) is 2.12. The number of imidazole rings is 1. The highest BCUT2D eigenvalue weighted by atomic mass is 32.1. The first-order valence-corrected chi connectivity index (χ1v) is 5.97. The zero-order valence-corrected chi connectivity index (χ0v) is 9.84.